The molecule has 0 amide bonds. The Labute approximate surface area is 164 Å². The topological polar surface area (TPSA) is 60.2 Å². The van der Waals surface area contributed by atoms with E-state index in [1.54, 1.807) is 35.0 Å². The quantitative estimate of drug-likeness (QED) is 0.504. The number of Topliss-reactive ketones (excluding diaryl/α,β-unsaturated/α-hetero) is 1. The Kier molecular flexibility index (Phi) is 3.94. The van der Waals surface area contributed by atoms with Gasteiger partial charge in [-0.15, -0.1) is 5.10 Å². The van der Waals surface area contributed by atoms with Crippen molar-refractivity contribution in [3.8, 4) is 11.4 Å². The van der Waals surface area contributed by atoms with Gasteiger partial charge in [0.1, 0.15) is 5.82 Å². The number of hydrogen-bond acceptors (Lipinski definition) is 4. The van der Waals surface area contributed by atoms with Crippen molar-refractivity contribution in [3.63, 3.8) is 0 Å². The molecule has 0 saturated carbocycles. The van der Waals surface area contributed by atoms with E-state index >= 15 is 0 Å². The number of nitrogens with zero attached hydrogens (tertiary/aromatic N) is 4. The molecular weight excluding hydrogens is 379 g/mol. The molecule has 1 aliphatic rings. The molecule has 0 unspecified atom stereocenters. The van der Waals surface area contributed by atoms with E-state index in [0.29, 0.717) is 40.7 Å². The highest BCUT2D eigenvalue weighted by Gasteiger charge is 2.28. The summed E-state index contributed by atoms with van der Waals surface area (Å²) in [6.45, 7) is 0. The number of ketones is 1. The Morgan fingerprint density at radius 1 is 1.00 bits per heavy atom. The molecule has 0 fully saturated rings. The van der Waals surface area contributed by atoms with Gasteiger partial charge in [0.25, 0.3) is 5.78 Å². The van der Waals surface area contributed by atoms with Crippen LogP contribution in [0.4, 0.5) is 4.39 Å². The maximum Gasteiger partial charge on any atom is 0.252 e. The normalized spacial score (nSPS) is 16.4. The first-order chi connectivity index (χ1) is 13.6. The second-order valence-electron chi connectivity index (χ2n) is 6.87. The lowest BCUT2D eigenvalue weighted by atomic mass is 9.82. The summed E-state index contributed by atoms with van der Waals surface area (Å²) < 4.78 is 14.7. The molecule has 0 bridgehead atoms. The largest absolute Gasteiger partial charge is 0.294 e. The van der Waals surface area contributed by atoms with Gasteiger partial charge in [-0.2, -0.15) is 4.98 Å². The van der Waals surface area contributed by atoms with Crippen molar-refractivity contribution in [3.05, 3.63) is 82.4 Å². The number of fused-ring (bicyclic) bond motifs is 2. The summed E-state index contributed by atoms with van der Waals surface area (Å²) in [6, 6.07) is 13.5. The third-order valence-corrected chi connectivity index (χ3v) is 5.28. The standard InChI is InChI=1S/C21H14ClFN4O/c22-15-5-1-13(2-6-15)20-25-21-24-18-9-14(12-3-7-16(23)8-4-12)10-19(28)17(18)11-27(21)26-20/h1-8,11,14H,9-10H2/t14-/m1/s1. The molecule has 2 aromatic carbocycles. The fourth-order valence-electron chi connectivity index (χ4n) is 3.58. The smallest absolute Gasteiger partial charge is 0.252 e. The monoisotopic (exact) mass is 392 g/mol. The van der Waals surface area contributed by atoms with Crippen molar-refractivity contribution in [2.24, 2.45) is 0 Å². The minimum absolute atomic E-state index is 0.00789. The first-order valence-electron chi connectivity index (χ1n) is 8.88. The van der Waals surface area contributed by atoms with Crippen LogP contribution in [0.25, 0.3) is 17.2 Å². The van der Waals surface area contributed by atoms with E-state index in [2.05, 4.69) is 15.1 Å². The summed E-state index contributed by atoms with van der Waals surface area (Å²) in [5, 5.41) is 5.09. The first-order valence-corrected chi connectivity index (χ1v) is 9.25. The number of rotatable bonds is 2. The summed E-state index contributed by atoms with van der Waals surface area (Å²) in [4.78, 5) is 21.8. The average molecular weight is 393 g/mol. The van der Waals surface area contributed by atoms with Crippen LogP contribution in [0.5, 0.6) is 0 Å². The van der Waals surface area contributed by atoms with Gasteiger partial charge in [0.05, 0.1) is 11.3 Å². The number of carbonyl (C=O) groups excluding carboxylic acids is 1. The maximum atomic E-state index is 13.2. The molecule has 2 heterocycles. The van der Waals surface area contributed by atoms with Gasteiger partial charge in [-0.25, -0.2) is 13.9 Å². The van der Waals surface area contributed by atoms with Crippen LogP contribution in [0.1, 0.15) is 34.0 Å². The number of aromatic nitrogens is 4. The molecule has 7 heteroatoms. The van der Waals surface area contributed by atoms with Crippen molar-refractivity contribution >= 4 is 23.2 Å². The van der Waals surface area contributed by atoms with Gasteiger partial charge in [0, 0.05) is 23.2 Å². The number of hydrogen-bond donors (Lipinski definition) is 0. The molecule has 1 atom stereocenters. The third-order valence-electron chi connectivity index (χ3n) is 5.03. The summed E-state index contributed by atoms with van der Waals surface area (Å²) in [5.41, 5.74) is 3.03. The van der Waals surface area contributed by atoms with Crippen molar-refractivity contribution in [1.82, 2.24) is 19.6 Å². The summed E-state index contributed by atoms with van der Waals surface area (Å²) in [7, 11) is 0. The fraction of sp³-hybridized carbons (Fsp3) is 0.143. The van der Waals surface area contributed by atoms with E-state index in [4.69, 9.17) is 11.6 Å². The zero-order valence-corrected chi connectivity index (χ0v) is 15.4. The second kappa shape index (κ2) is 6.49. The number of halogens is 2. The maximum absolute atomic E-state index is 13.2. The van der Waals surface area contributed by atoms with E-state index in [1.165, 1.54) is 12.1 Å². The molecular formula is C21H14ClFN4O. The summed E-state index contributed by atoms with van der Waals surface area (Å²) in [5.74, 6) is 0.664. The van der Waals surface area contributed by atoms with Gasteiger partial charge in [-0.05, 0) is 54.3 Å². The molecule has 4 aromatic rings. The Morgan fingerprint density at radius 3 is 2.50 bits per heavy atom. The van der Waals surface area contributed by atoms with Crippen LogP contribution in [0.2, 0.25) is 5.02 Å². The van der Waals surface area contributed by atoms with E-state index in [-0.39, 0.29) is 17.5 Å². The minimum Gasteiger partial charge on any atom is -0.294 e. The minimum atomic E-state index is -0.288. The second-order valence-corrected chi connectivity index (χ2v) is 7.30. The van der Waals surface area contributed by atoms with E-state index < -0.39 is 0 Å². The molecule has 2 aromatic heterocycles. The molecule has 1 aliphatic carbocycles. The van der Waals surface area contributed by atoms with Crippen LogP contribution in [0.3, 0.4) is 0 Å². The zero-order chi connectivity index (χ0) is 19.3. The van der Waals surface area contributed by atoms with E-state index in [0.717, 1.165) is 11.1 Å². The number of benzene rings is 2. The molecule has 138 valence electrons. The fourth-order valence-corrected chi connectivity index (χ4v) is 3.70. The molecule has 0 aliphatic heterocycles. The van der Waals surface area contributed by atoms with E-state index in [1.807, 2.05) is 12.1 Å². The van der Waals surface area contributed by atoms with Crippen molar-refractivity contribution in [2.45, 2.75) is 18.8 Å². The molecule has 0 N–H and O–H groups in total. The van der Waals surface area contributed by atoms with Gasteiger partial charge in [0.2, 0.25) is 0 Å². The van der Waals surface area contributed by atoms with Crippen LogP contribution in [0, 0.1) is 5.82 Å². The van der Waals surface area contributed by atoms with Crippen molar-refractivity contribution in [1.29, 1.82) is 0 Å². The molecule has 28 heavy (non-hydrogen) atoms. The van der Waals surface area contributed by atoms with Gasteiger partial charge in [-0.3, -0.25) is 4.79 Å². The van der Waals surface area contributed by atoms with Crippen LogP contribution in [0.15, 0.2) is 54.7 Å². The SMILES string of the molecule is O=C1C[C@H](c2ccc(F)cc2)Cc2nc3nc(-c4ccc(Cl)cc4)nn3cc21. The van der Waals surface area contributed by atoms with Gasteiger partial charge < -0.3 is 0 Å². The third kappa shape index (κ3) is 2.96. The lowest BCUT2D eigenvalue weighted by Gasteiger charge is -2.23. The lowest BCUT2D eigenvalue weighted by molar-refractivity contribution is 0.0962. The average Bonchev–Trinajstić information content (AvgIpc) is 3.10. The Morgan fingerprint density at radius 2 is 1.75 bits per heavy atom. The van der Waals surface area contributed by atoms with Crippen molar-refractivity contribution in [2.75, 3.05) is 0 Å². The molecule has 0 saturated heterocycles. The Bertz CT molecular complexity index is 1200. The zero-order valence-electron chi connectivity index (χ0n) is 14.6. The molecule has 5 nitrogen and oxygen atoms in total. The van der Waals surface area contributed by atoms with Crippen molar-refractivity contribution < 1.29 is 9.18 Å². The van der Waals surface area contributed by atoms with Crippen LogP contribution in [-0.4, -0.2) is 25.4 Å². The first kappa shape index (κ1) is 17.0. The number of carbonyl (C=O) groups is 1. The Hall–Kier alpha value is -3.12. The lowest BCUT2D eigenvalue weighted by Crippen LogP contribution is -2.21. The van der Waals surface area contributed by atoms with Gasteiger partial charge in [-0.1, -0.05) is 23.7 Å². The highest BCUT2D eigenvalue weighted by molar-refractivity contribution is 6.30. The van der Waals surface area contributed by atoms with Gasteiger partial charge >= 0.3 is 0 Å². The van der Waals surface area contributed by atoms with Crippen LogP contribution < -0.4 is 0 Å². The molecule has 5 rings (SSSR count). The highest BCUT2D eigenvalue weighted by Crippen LogP contribution is 2.32. The van der Waals surface area contributed by atoms with Crippen LogP contribution >= 0.6 is 11.6 Å². The predicted molar refractivity (Wildman–Crippen MR) is 103 cm³/mol. The predicted octanol–water partition coefficient (Wildman–Crippen LogP) is 4.50. The van der Waals surface area contributed by atoms with Gasteiger partial charge in [0.15, 0.2) is 11.6 Å². The summed E-state index contributed by atoms with van der Waals surface area (Å²) in [6.07, 6.45) is 2.67. The summed E-state index contributed by atoms with van der Waals surface area (Å²) >= 11 is 5.94. The highest BCUT2D eigenvalue weighted by atomic mass is 35.5. The van der Waals surface area contributed by atoms with Crippen LogP contribution in [-0.2, 0) is 6.42 Å². The molecule has 0 radical (unpaired) electrons. The Balaban J connectivity index is 1.53. The molecule has 0 spiro atoms. The van der Waals surface area contributed by atoms with E-state index in [9.17, 15) is 9.18 Å².